The molecule has 0 aromatic rings. The van der Waals surface area contributed by atoms with E-state index in [0.717, 1.165) is 17.7 Å². The van der Waals surface area contributed by atoms with Crippen molar-refractivity contribution >= 4 is 9.84 Å². The summed E-state index contributed by atoms with van der Waals surface area (Å²) in [6.07, 6.45) is -3.19. The van der Waals surface area contributed by atoms with Crippen molar-refractivity contribution in [2.45, 2.75) is 26.4 Å². The molecule has 6 heteroatoms. The van der Waals surface area contributed by atoms with Crippen LogP contribution in [0.15, 0.2) is 11.5 Å². The van der Waals surface area contributed by atoms with E-state index in [1.807, 2.05) is 0 Å². The van der Waals surface area contributed by atoms with Gasteiger partial charge < -0.3 is 0 Å². The van der Waals surface area contributed by atoms with E-state index in [-0.39, 0.29) is 5.92 Å². The first-order valence-corrected chi connectivity index (χ1v) is 6.42. The molecule has 0 aromatic heterocycles. The van der Waals surface area contributed by atoms with Crippen molar-refractivity contribution in [2.75, 3.05) is 6.26 Å². The van der Waals surface area contributed by atoms with Gasteiger partial charge in [-0.3, -0.25) is 0 Å². The maximum absolute atomic E-state index is 12.1. The van der Waals surface area contributed by atoms with Gasteiger partial charge in [0.05, 0.1) is 0 Å². The van der Waals surface area contributed by atoms with Crippen LogP contribution in [0.4, 0.5) is 13.2 Å². The fraction of sp³-hybridized carbons (Fsp3) is 0.778. The smallest absolute Gasteiger partial charge is 0.225 e. The first-order valence-electron chi connectivity index (χ1n) is 4.46. The summed E-state index contributed by atoms with van der Waals surface area (Å²) in [5, 5.41) is 0.837. The lowest BCUT2D eigenvalue weighted by Crippen LogP contribution is -2.18. The predicted octanol–water partition coefficient (Wildman–Crippen LogP) is 2.77. The van der Waals surface area contributed by atoms with Crippen LogP contribution in [0.25, 0.3) is 0 Å². The Hall–Kier alpha value is -0.520. The summed E-state index contributed by atoms with van der Waals surface area (Å²) in [6.45, 7) is 3.26. The van der Waals surface area contributed by atoms with Crippen molar-refractivity contribution in [1.82, 2.24) is 0 Å². The quantitative estimate of drug-likeness (QED) is 0.762. The maximum atomic E-state index is 12.1. The molecule has 0 aliphatic heterocycles. The molecule has 0 N–H and O–H groups in total. The molecule has 0 unspecified atom stereocenters. The molecule has 1 atom stereocenters. The molecule has 0 aromatic carbocycles. The third kappa shape index (κ3) is 8.47. The zero-order chi connectivity index (χ0) is 12.3. The minimum atomic E-state index is -4.27. The van der Waals surface area contributed by atoms with E-state index in [9.17, 15) is 21.6 Å². The molecule has 0 aliphatic rings. The van der Waals surface area contributed by atoms with E-state index in [4.69, 9.17) is 0 Å². The Labute approximate surface area is 88.1 Å². The summed E-state index contributed by atoms with van der Waals surface area (Å²) in [4.78, 5) is 0. The fourth-order valence-corrected chi connectivity index (χ4v) is 1.52. The molecule has 15 heavy (non-hydrogen) atoms. The molecule has 2 nitrogen and oxygen atoms in total. The lowest BCUT2D eigenvalue weighted by molar-refractivity contribution is -0.143. The summed E-state index contributed by atoms with van der Waals surface area (Å²) in [5.74, 6) is -1.04. The van der Waals surface area contributed by atoms with Gasteiger partial charge in [0.1, 0.15) is 0 Å². The molecule has 0 radical (unpaired) electrons. The van der Waals surface area contributed by atoms with Crippen molar-refractivity contribution in [3.8, 4) is 0 Å². The van der Waals surface area contributed by atoms with Gasteiger partial charge in [-0.05, 0) is 11.8 Å². The number of alkyl halides is 3. The van der Waals surface area contributed by atoms with Crippen molar-refractivity contribution in [3.63, 3.8) is 0 Å². The van der Waals surface area contributed by atoms with E-state index >= 15 is 0 Å². The molecule has 0 amide bonds. The van der Waals surface area contributed by atoms with Crippen LogP contribution < -0.4 is 0 Å². The van der Waals surface area contributed by atoms with Gasteiger partial charge in [0.2, 0.25) is 0 Å². The third-order valence-electron chi connectivity index (χ3n) is 1.90. The maximum Gasteiger partial charge on any atom is 0.389 e. The van der Waals surface area contributed by atoms with Gasteiger partial charge in [0.25, 0.3) is 0 Å². The minimum absolute atomic E-state index is 0.246. The van der Waals surface area contributed by atoms with Gasteiger partial charge in [-0.15, -0.1) is 0 Å². The Morgan fingerprint density at radius 1 is 1.27 bits per heavy atom. The molecule has 0 rings (SSSR count). The van der Waals surface area contributed by atoms with Gasteiger partial charge in [-0.2, -0.15) is 13.2 Å². The number of halogens is 3. The highest BCUT2D eigenvalue weighted by atomic mass is 32.2. The average molecular weight is 244 g/mol. The lowest BCUT2D eigenvalue weighted by Gasteiger charge is -2.18. The van der Waals surface area contributed by atoms with Crippen LogP contribution in [-0.4, -0.2) is 20.8 Å². The van der Waals surface area contributed by atoms with E-state index < -0.39 is 28.4 Å². The zero-order valence-electron chi connectivity index (χ0n) is 8.88. The summed E-state index contributed by atoms with van der Waals surface area (Å²) in [6, 6.07) is 0. The Morgan fingerprint density at radius 3 is 2.00 bits per heavy atom. The molecule has 0 heterocycles. The Kier molecular flexibility index (Phi) is 4.83. The third-order valence-corrected chi connectivity index (χ3v) is 2.55. The van der Waals surface area contributed by atoms with Crippen LogP contribution in [0.1, 0.15) is 20.3 Å². The van der Waals surface area contributed by atoms with Gasteiger partial charge in [-0.1, -0.05) is 19.9 Å². The second-order valence-electron chi connectivity index (χ2n) is 3.89. The molecule has 0 spiro atoms. The largest absolute Gasteiger partial charge is 0.389 e. The van der Waals surface area contributed by atoms with Crippen LogP contribution in [0, 0.1) is 11.8 Å². The first-order chi connectivity index (χ1) is 6.51. The number of allylic oxidation sites excluding steroid dienone is 1. The van der Waals surface area contributed by atoms with Crippen LogP contribution >= 0.6 is 0 Å². The first kappa shape index (κ1) is 14.5. The SMILES string of the molecule is CC(C)[C@@H](/C=C\S(C)(=O)=O)CC(F)(F)F. The normalized spacial score (nSPS) is 16.2. The second kappa shape index (κ2) is 5.01. The van der Waals surface area contributed by atoms with E-state index in [2.05, 4.69) is 0 Å². The van der Waals surface area contributed by atoms with Crippen LogP contribution in [0.2, 0.25) is 0 Å². The Morgan fingerprint density at radius 2 is 1.73 bits per heavy atom. The number of hydrogen-bond acceptors (Lipinski definition) is 2. The van der Waals surface area contributed by atoms with E-state index in [0.29, 0.717) is 0 Å². The van der Waals surface area contributed by atoms with Crippen molar-refractivity contribution < 1.29 is 21.6 Å². The van der Waals surface area contributed by atoms with Gasteiger partial charge in [0, 0.05) is 18.1 Å². The molecule has 0 bridgehead atoms. The Bertz CT molecular complexity index is 315. The summed E-state index contributed by atoms with van der Waals surface area (Å²) >= 11 is 0. The number of sulfone groups is 1. The van der Waals surface area contributed by atoms with Gasteiger partial charge in [0.15, 0.2) is 9.84 Å². The molecule has 0 saturated heterocycles. The Balaban J connectivity index is 4.64. The molecule has 0 saturated carbocycles. The minimum Gasteiger partial charge on any atom is -0.225 e. The van der Waals surface area contributed by atoms with Crippen LogP contribution in [0.5, 0.6) is 0 Å². The second-order valence-corrected chi connectivity index (χ2v) is 5.82. The zero-order valence-corrected chi connectivity index (χ0v) is 9.69. The van der Waals surface area contributed by atoms with E-state index in [1.165, 1.54) is 0 Å². The van der Waals surface area contributed by atoms with Crippen molar-refractivity contribution in [2.24, 2.45) is 11.8 Å². The number of rotatable bonds is 4. The number of hydrogen-bond donors (Lipinski definition) is 0. The predicted molar refractivity (Wildman–Crippen MR) is 53.0 cm³/mol. The summed E-state index contributed by atoms with van der Waals surface area (Å²) < 4.78 is 57.8. The van der Waals surface area contributed by atoms with Crippen molar-refractivity contribution in [3.05, 3.63) is 11.5 Å². The van der Waals surface area contributed by atoms with Gasteiger partial charge in [-0.25, -0.2) is 8.42 Å². The highest BCUT2D eigenvalue weighted by molar-refractivity contribution is 7.93. The van der Waals surface area contributed by atoms with E-state index in [1.54, 1.807) is 13.8 Å². The molecule has 90 valence electrons. The van der Waals surface area contributed by atoms with Crippen LogP contribution in [0.3, 0.4) is 0 Å². The monoisotopic (exact) mass is 244 g/mol. The molecule has 0 fully saturated rings. The molecular weight excluding hydrogens is 229 g/mol. The summed E-state index contributed by atoms with van der Waals surface area (Å²) in [5.41, 5.74) is 0. The average Bonchev–Trinajstić information content (AvgIpc) is 1.93. The molecular formula is C9H15F3O2S. The highest BCUT2D eigenvalue weighted by Crippen LogP contribution is 2.29. The fourth-order valence-electron chi connectivity index (χ4n) is 1.04. The summed E-state index contributed by atoms with van der Waals surface area (Å²) in [7, 11) is -3.36. The topological polar surface area (TPSA) is 34.1 Å². The van der Waals surface area contributed by atoms with Gasteiger partial charge >= 0.3 is 6.18 Å². The van der Waals surface area contributed by atoms with Crippen molar-refractivity contribution in [1.29, 1.82) is 0 Å². The lowest BCUT2D eigenvalue weighted by atomic mass is 9.92. The van der Waals surface area contributed by atoms with Crippen LogP contribution in [-0.2, 0) is 9.84 Å². The standard InChI is InChI=1S/C9H15F3O2S/c1-7(2)8(6-9(10,11)12)4-5-15(3,13)14/h4-5,7-8H,6H2,1-3H3/b5-4-/t8-/m0/s1. The molecule has 0 aliphatic carbocycles. The highest BCUT2D eigenvalue weighted by Gasteiger charge is 2.32.